The number of carbonyl (C=O) groups excluding carboxylic acids is 1. The van der Waals surface area contributed by atoms with E-state index in [2.05, 4.69) is 0 Å². The maximum atomic E-state index is 12.0. The summed E-state index contributed by atoms with van der Waals surface area (Å²) in [7, 11) is 0. The summed E-state index contributed by atoms with van der Waals surface area (Å²) in [5.74, 6) is 0.294. The Balaban J connectivity index is 2.64. The lowest BCUT2D eigenvalue weighted by Crippen LogP contribution is -2.01. The number of thioether (sulfide) groups is 1. The van der Waals surface area contributed by atoms with Crippen LogP contribution in [0, 0.1) is 0 Å². The molecule has 6 heteroatoms. The molecular formula is C11H10ClF3OS. The van der Waals surface area contributed by atoms with E-state index >= 15 is 0 Å². The predicted octanol–water partition coefficient (Wildman–Crippen LogP) is 4.50. The van der Waals surface area contributed by atoms with Crippen LogP contribution >= 0.6 is 23.4 Å². The Morgan fingerprint density at radius 3 is 2.29 bits per heavy atom. The Morgan fingerprint density at radius 1 is 1.24 bits per heavy atom. The van der Waals surface area contributed by atoms with Gasteiger partial charge in [0.25, 0.3) is 0 Å². The van der Waals surface area contributed by atoms with Gasteiger partial charge in [-0.2, -0.15) is 13.2 Å². The molecule has 17 heavy (non-hydrogen) atoms. The fourth-order valence-corrected chi connectivity index (χ4v) is 1.89. The van der Waals surface area contributed by atoms with Gasteiger partial charge >= 0.3 is 5.51 Å². The first kappa shape index (κ1) is 14.4. The van der Waals surface area contributed by atoms with Crippen molar-refractivity contribution >= 4 is 29.1 Å². The minimum Gasteiger partial charge on any atom is -0.294 e. The highest BCUT2D eigenvalue weighted by molar-refractivity contribution is 8.00. The van der Waals surface area contributed by atoms with Gasteiger partial charge in [-0.15, -0.1) is 11.6 Å². The van der Waals surface area contributed by atoms with E-state index in [4.69, 9.17) is 11.6 Å². The summed E-state index contributed by atoms with van der Waals surface area (Å²) in [6.07, 6.45) is 0.884. The molecule has 1 aromatic rings. The van der Waals surface area contributed by atoms with Crippen molar-refractivity contribution in [1.82, 2.24) is 0 Å². The largest absolute Gasteiger partial charge is 0.446 e. The van der Waals surface area contributed by atoms with Crippen LogP contribution in [0.4, 0.5) is 13.2 Å². The summed E-state index contributed by atoms with van der Waals surface area (Å²) in [6, 6.07) is 5.41. The average Bonchev–Trinajstić information content (AvgIpc) is 2.24. The van der Waals surface area contributed by atoms with Gasteiger partial charge in [0, 0.05) is 22.8 Å². The Hall–Kier alpha value is -0.680. The monoisotopic (exact) mass is 282 g/mol. The number of Topliss-reactive ketones (excluding diaryl/α,β-unsaturated/α-hetero) is 1. The third kappa shape index (κ3) is 5.46. The average molecular weight is 283 g/mol. The second-order valence-electron chi connectivity index (χ2n) is 3.29. The molecule has 0 unspecified atom stereocenters. The highest BCUT2D eigenvalue weighted by Gasteiger charge is 2.29. The maximum Gasteiger partial charge on any atom is 0.446 e. The van der Waals surface area contributed by atoms with E-state index in [0.29, 0.717) is 24.3 Å². The van der Waals surface area contributed by atoms with Crippen molar-refractivity contribution in [2.45, 2.75) is 23.2 Å². The van der Waals surface area contributed by atoms with Crippen molar-refractivity contribution in [3.63, 3.8) is 0 Å². The summed E-state index contributed by atoms with van der Waals surface area (Å²) in [5, 5.41) is 0. The van der Waals surface area contributed by atoms with E-state index in [0.717, 1.165) is 0 Å². The van der Waals surface area contributed by atoms with Gasteiger partial charge in [0.2, 0.25) is 0 Å². The van der Waals surface area contributed by atoms with E-state index in [9.17, 15) is 18.0 Å². The SMILES string of the molecule is O=C(CCCCl)c1ccc(SC(F)(F)F)cc1. The molecule has 1 nitrogen and oxygen atoms in total. The number of benzene rings is 1. The smallest absolute Gasteiger partial charge is 0.294 e. The number of alkyl halides is 4. The van der Waals surface area contributed by atoms with Crippen LogP contribution in [0.25, 0.3) is 0 Å². The first-order chi connectivity index (χ1) is 7.92. The maximum absolute atomic E-state index is 12.0. The van der Waals surface area contributed by atoms with E-state index in [-0.39, 0.29) is 22.4 Å². The van der Waals surface area contributed by atoms with Gasteiger partial charge in [0.15, 0.2) is 5.78 Å². The van der Waals surface area contributed by atoms with Crippen molar-refractivity contribution in [2.24, 2.45) is 0 Å². The van der Waals surface area contributed by atoms with E-state index < -0.39 is 5.51 Å². The molecule has 0 fully saturated rings. The molecule has 0 aliphatic heterocycles. The zero-order chi connectivity index (χ0) is 12.9. The van der Waals surface area contributed by atoms with E-state index in [1.807, 2.05) is 0 Å². The van der Waals surface area contributed by atoms with Crippen molar-refractivity contribution in [3.05, 3.63) is 29.8 Å². The summed E-state index contributed by atoms with van der Waals surface area (Å²) < 4.78 is 36.1. The van der Waals surface area contributed by atoms with Gasteiger partial charge in [-0.1, -0.05) is 12.1 Å². The normalized spacial score (nSPS) is 11.5. The summed E-state index contributed by atoms with van der Waals surface area (Å²) in [5.41, 5.74) is -3.88. The standard InChI is InChI=1S/C11H10ClF3OS/c12-7-1-2-10(16)8-3-5-9(6-4-8)17-11(13,14)15/h3-6H,1-2,7H2. The number of halogens is 4. The third-order valence-electron chi connectivity index (χ3n) is 1.95. The molecule has 0 aromatic heterocycles. The summed E-state index contributed by atoms with van der Waals surface area (Å²) >= 11 is 5.26. The Labute approximate surface area is 106 Å². The van der Waals surface area contributed by atoms with Crippen LogP contribution in [-0.2, 0) is 0 Å². The fraction of sp³-hybridized carbons (Fsp3) is 0.364. The molecule has 0 aliphatic rings. The Kier molecular flexibility index (Phi) is 5.33. The van der Waals surface area contributed by atoms with Crippen LogP contribution in [0.2, 0.25) is 0 Å². The van der Waals surface area contributed by atoms with Gasteiger partial charge in [-0.25, -0.2) is 0 Å². The van der Waals surface area contributed by atoms with Crippen LogP contribution < -0.4 is 0 Å². The van der Waals surface area contributed by atoms with Crippen LogP contribution in [0.5, 0.6) is 0 Å². The highest BCUT2D eigenvalue weighted by atomic mass is 35.5. The summed E-state index contributed by atoms with van der Waals surface area (Å²) in [6.45, 7) is 0. The Bertz CT molecular complexity index is 375. The molecule has 0 spiro atoms. The lowest BCUT2D eigenvalue weighted by Gasteiger charge is -2.06. The van der Waals surface area contributed by atoms with Gasteiger partial charge in [0.05, 0.1) is 0 Å². The second-order valence-corrected chi connectivity index (χ2v) is 4.80. The van der Waals surface area contributed by atoms with Crippen molar-refractivity contribution in [1.29, 1.82) is 0 Å². The topological polar surface area (TPSA) is 17.1 Å². The van der Waals surface area contributed by atoms with E-state index in [1.165, 1.54) is 24.3 Å². The van der Waals surface area contributed by atoms with Crippen molar-refractivity contribution < 1.29 is 18.0 Å². The number of ketones is 1. The van der Waals surface area contributed by atoms with Gasteiger partial charge in [-0.3, -0.25) is 4.79 Å². The predicted molar refractivity (Wildman–Crippen MR) is 62.6 cm³/mol. The number of carbonyl (C=O) groups is 1. The minimum atomic E-state index is -4.30. The van der Waals surface area contributed by atoms with Crippen LogP contribution in [0.3, 0.4) is 0 Å². The number of rotatable bonds is 5. The molecule has 0 N–H and O–H groups in total. The van der Waals surface area contributed by atoms with Crippen LogP contribution in [0.1, 0.15) is 23.2 Å². The first-order valence-corrected chi connectivity index (χ1v) is 6.22. The van der Waals surface area contributed by atoms with Crippen molar-refractivity contribution in [3.8, 4) is 0 Å². The molecule has 0 atom stereocenters. The van der Waals surface area contributed by atoms with E-state index in [1.54, 1.807) is 0 Å². The lowest BCUT2D eigenvalue weighted by molar-refractivity contribution is -0.0328. The van der Waals surface area contributed by atoms with Gasteiger partial charge in [0.1, 0.15) is 0 Å². The molecule has 0 saturated heterocycles. The zero-order valence-corrected chi connectivity index (χ0v) is 10.3. The molecule has 0 aliphatic carbocycles. The fourth-order valence-electron chi connectivity index (χ4n) is 1.21. The minimum absolute atomic E-state index is 0.0754. The summed E-state index contributed by atoms with van der Waals surface area (Å²) in [4.78, 5) is 11.6. The third-order valence-corrected chi connectivity index (χ3v) is 2.95. The Morgan fingerprint density at radius 2 is 1.82 bits per heavy atom. The van der Waals surface area contributed by atoms with Gasteiger partial charge in [-0.05, 0) is 30.3 Å². The molecule has 1 aromatic carbocycles. The molecule has 0 radical (unpaired) electrons. The molecule has 0 bridgehead atoms. The molecule has 0 heterocycles. The number of hydrogen-bond acceptors (Lipinski definition) is 2. The van der Waals surface area contributed by atoms with Crippen molar-refractivity contribution in [2.75, 3.05) is 5.88 Å². The van der Waals surface area contributed by atoms with Gasteiger partial charge < -0.3 is 0 Å². The first-order valence-electron chi connectivity index (χ1n) is 4.87. The molecule has 1 rings (SSSR count). The molecular weight excluding hydrogens is 273 g/mol. The molecule has 0 amide bonds. The quantitative estimate of drug-likeness (QED) is 0.449. The lowest BCUT2D eigenvalue weighted by atomic mass is 10.1. The second kappa shape index (κ2) is 6.31. The number of hydrogen-bond donors (Lipinski definition) is 0. The highest BCUT2D eigenvalue weighted by Crippen LogP contribution is 2.36. The van der Waals surface area contributed by atoms with Crippen LogP contribution in [0.15, 0.2) is 29.2 Å². The molecule has 94 valence electrons. The molecule has 0 saturated carbocycles. The zero-order valence-electron chi connectivity index (χ0n) is 8.76. The van der Waals surface area contributed by atoms with Crippen LogP contribution in [-0.4, -0.2) is 17.2 Å².